The van der Waals surface area contributed by atoms with Crippen LogP contribution >= 0.6 is 0 Å². The van der Waals surface area contributed by atoms with E-state index in [1.54, 1.807) is 0 Å². The summed E-state index contributed by atoms with van der Waals surface area (Å²) < 4.78 is 16.8. The summed E-state index contributed by atoms with van der Waals surface area (Å²) in [5.74, 6) is -0.969. The lowest BCUT2D eigenvalue weighted by Crippen LogP contribution is -2.30. The molecule has 0 aromatic carbocycles. The van der Waals surface area contributed by atoms with Crippen LogP contribution in [0, 0.1) is 0 Å². The first-order valence-corrected chi connectivity index (χ1v) is 28.8. The molecule has 0 amide bonds. The quantitative estimate of drug-likeness (QED) is 0.0262. The molecule has 0 rings (SSSR count). The Morgan fingerprint density at radius 2 is 0.567 bits per heavy atom. The van der Waals surface area contributed by atoms with E-state index >= 15 is 0 Å². The Hall–Kier alpha value is -2.89. The molecule has 0 aliphatic carbocycles. The summed E-state index contributed by atoms with van der Waals surface area (Å²) in [5.41, 5.74) is 0. The Morgan fingerprint density at radius 1 is 0.299 bits per heavy atom. The summed E-state index contributed by atoms with van der Waals surface area (Å²) in [4.78, 5) is 38.1. The normalized spacial score (nSPS) is 12.5. The maximum absolute atomic E-state index is 12.8. The third-order valence-electron chi connectivity index (χ3n) is 12.5. The van der Waals surface area contributed by atoms with Gasteiger partial charge >= 0.3 is 17.9 Å². The maximum atomic E-state index is 12.8. The minimum atomic E-state index is -0.810. The van der Waals surface area contributed by atoms with Crippen LogP contribution in [0.25, 0.3) is 0 Å². The molecule has 0 aromatic heterocycles. The van der Waals surface area contributed by atoms with Crippen molar-refractivity contribution in [3.63, 3.8) is 0 Å². The Balaban J connectivity index is 4.45. The van der Waals surface area contributed by atoms with E-state index in [1.165, 1.54) is 180 Å². The zero-order valence-corrected chi connectivity index (χ0v) is 44.4. The first-order valence-electron chi connectivity index (χ1n) is 28.8. The topological polar surface area (TPSA) is 78.9 Å². The minimum Gasteiger partial charge on any atom is -0.462 e. The van der Waals surface area contributed by atoms with E-state index in [4.69, 9.17) is 14.2 Å². The molecule has 0 saturated carbocycles. The molecular formula is C61H108O6. The lowest BCUT2D eigenvalue weighted by molar-refractivity contribution is -0.166. The second kappa shape index (κ2) is 55.7. The van der Waals surface area contributed by atoms with E-state index in [0.29, 0.717) is 19.3 Å². The van der Waals surface area contributed by atoms with Crippen molar-refractivity contribution in [2.75, 3.05) is 13.2 Å². The van der Waals surface area contributed by atoms with Gasteiger partial charge in [0.25, 0.3) is 0 Å². The summed E-state index contributed by atoms with van der Waals surface area (Å²) in [6.07, 6.45) is 69.3. The highest BCUT2D eigenvalue weighted by molar-refractivity contribution is 5.71. The van der Waals surface area contributed by atoms with Crippen molar-refractivity contribution >= 4 is 17.9 Å². The molecule has 0 radical (unpaired) electrons. The van der Waals surface area contributed by atoms with Gasteiger partial charge in [-0.1, -0.05) is 274 Å². The Morgan fingerprint density at radius 3 is 0.896 bits per heavy atom. The first kappa shape index (κ1) is 64.1. The van der Waals surface area contributed by atoms with Crippen LogP contribution in [0.3, 0.4) is 0 Å². The zero-order valence-electron chi connectivity index (χ0n) is 44.4. The van der Waals surface area contributed by atoms with Crippen molar-refractivity contribution in [2.24, 2.45) is 0 Å². The Kier molecular flexibility index (Phi) is 53.3. The van der Waals surface area contributed by atoms with Crippen molar-refractivity contribution in [3.05, 3.63) is 60.8 Å². The number of allylic oxidation sites excluding steroid dienone is 10. The molecule has 0 aliphatic rings. The van der Waals surface area contributed by atoms with Gasteiger partial charge in [0.2, 0.25) is 0 Å². The molecule has 0 bridgehead atoms. The standard InChI is InChI=1S/C61H108O6/c1-4-7-10-13-16-19-22-25-27-29-30-32-34-37-40-43-46-49-52-55-61(64)67-58(56-65-59(62)53-50-47-44-41-38-35-24-21-18-15-12-9-6-3)57-66-60(63)54-51-48-45-42-39-36-33-31-28-26-23-20-17-14-11-8-5-2/h16,19,25,27,30,32,37,40,46,49,58H,4-15,17-18,20-24,26,28-29,31,33-36,38-39,41-45,47-48,50-57H2,1-3H3/b19-16-,27-25-,32-30-,40-37-,49-46-/t58-/m0/s1. The third-order valence-corrected chi connectivity index (χ3v) is 12.5. The predicted octanol–water partition coefficient (Wildman–Crippen LogP) is 19.2. The van der Waals surface area contributed by atoms with Gasteiger partial charge in [0.05, 0.1) is 0 Å². The van der Waals surface area contributed by atoms with Crippen LogP contribution in [-0.2, 0) is 28.6 Å². The van der Waals surface area contributed by atoms with Crippen molar-refractivity contribution < 1.29 is 28.6 Å². The molecule has 0 N–H and O–H groups in total. The van der Waals surface area contributed by atoms with E-state index in [-0.39, 0.29) is 37.5 Å². The van der Waals surface area contributed by atoms with E-state index in [1.807, 2.05) is 6.08 Å². The molecule has 0 aliphatic heterocycles. The fourth-order valence-corrected chi connectivity index (χ4v) is 8.19. The molecule has 0 aromatic rings. The van der Waals surface area contributed by atoms with Gasteiger partial charge in [-0.2, -0.15) is 0 Å². The number of esters is 3. The molecule has 0 unspecified atom stereocenters. The predicted molar refractivity (Wildman–Crippen MR) is 288 cm³/mol. The SMILES string of the molecule is CCCCC/C=C\C/C=C\C/C=C\C/C=C\C/C=C\CCC(=O)O[C@@H](COC(=O)CCCCCCCCCCCCCCC)COC(=O)CCCCCCCCCCCCCCCCCCC. The average Bonchev–Trinajstić information content (AvgIpc) is 3.33. The van der Waals surface area contributed by atoms with Crippen molar-refractivity contribution in [1.82, 2.24) is 0 Å². The van der Waals surface area contributed by atoms with E-state index in [2.05, 4.69) is 75.5 Å². The molecule has 6 nitrogen and oxygen atoms in total. The first-order chi connectivity index (χ1) is 33.0. The molecule has 0 saturated heterocycles. The number of rotatable bonds is 52. The molecule has 0 heterocycles. The molecule has 6 heteroatoms. The van der Waals surface area contributed by atoms with Crippen LogP contribution in [0.15, 0.2) is 60.8 Å². The van der Waals surface area contributed by atoms with Crippen LogP contribution in [0.2, 0.25) is 0 Å². The number of ether oxygens (including phenoxy) is 3. The van der Waals surface area contributed by atoms with Gasteiger partial charge in [-0.15, -0.1) is 0 Å². The van der Waals surface area contributed by atoms with Crippen LogP contribution in [0.1, 0.15) is 290 Å². The van der Waals surface area contributed by atoms with Gasteiger partial charge in [-0.3, -0.25) is 14.4 Å². The fourth-order valence-electron chi connectivity index (χ4n) is 8.19. The zero-order chi connectivity index (χ0) is 48.6. The molecule has 1 atom stereocenters. The number of carbonyl (C=O) groups excluding carboxylic acids is 3. The van der Waals surface area contributed by atoms with Gasteiger partial charge in [0, 0.05) is 19.3 Å². The van der Waals surface area contributed by atoms with Gasteiger partial charge < -0.3 is 14.2 Å². The van der Waals surface area contributed by atoms with Crippen molar-refractivity contribution in [3.8, 4) is 0 Å². The van der Waals surface area contributed by atoms with E-state index in [9.17, 15) is 14.4 Å². The van der Waals surface area contributed by atoms with Gasteiger partial charge in [-0.05, 0) is 57.8 Å². The van der Waals surface area contributed by atoms with Gasteiger partial charge in [0.15, 0.2) is 6.10 Å². The smallest absolute Gasteiger partial charge is 0.306 e. The van der Waals surface area contributed by atoms with Gasteiger partial charge in [0.1, 0.15) is 13.2 Å². The lowest BCUT2D eigenvalue weighted by Gasteiger charge is -2.18. The highest BCUT2D eigenvalue weighted by atomic mass is 16.6. The Bertz CT molecular complexity index is 1210. The fraction of sp³-hybridized carbons (Fsp3) is 0.787. The van der Waals surface area contributed by atoms with Crippen LogP contribution in [-0.4, -0.2) is 37.2 Å². The largest absolute Gasteiger partial charge is 0.462 e. The summed E-state index contributed by atoms with van der Waals surface area (Å²) in [5, 5.41) is 0. The van der Waals surface area contributed by atoms with Crippen LogP contribution < -0.4 is 0 Å². The molecule has 67 heavy (non-hydrogen) atoms. The summed E-state index contributed by atoms with van der Waals surface area (Å²) in [6.45, 7) is 6.58. The second-order valence-electron chi connectivity index (χ2n) is 19.2. The highest BCUT2D eigenvalue weighted by Crippen LogP contribution is 2.16. The molecule has 0 spiro atoms. The van der Waals surface area contributed by atoms with Crippen molar-refractivity contribution in [2.45, 2.75) is 297 Å². The second-order valence-corrected chi connectivity index (χ2v) is 19.2. The third kappa shape index (κ3) is 53.9. The number of unbranched alkanes of at least 4 members (excludes halogenated alkanes) is 31. The number of carbonyl (C=O) groups is 3. The summed E-state index contributed by atoms with van der Waals surface area (Å²) >= 11 is 0. The monoisotopic (exact) mass is 937 g/mol. The van der Waals surface area contributed by atoms with Crippen LogP contribution in [0.4, 0.5) is 0 Å². The summed E-state index contributed by atoms with van der Waals surface area (Å²) in [7, 11) is 0. The number of hydrogen-bond acceptors (Lipinski definition) is 6. The molecule has 388 valence electrons. The Labute approximate surface area is 415 Å². The highest BCUT2D eigenvalue weighted by Gasteiger charge is 2.19. The lowest BCUT2D eigenvalue weighted by atomic mass is 10.0. The molecular weight excluding hydrogens is 829 g/mol. The number of hydrogen-bond donors (Lipinski definition) is 0. The minimum absolute atomic E-state index is 0.0997. The molecule has 0 fully saturated rings. The van der Waals surface area contributed by atoms with Gasteiger partial charge in [-0.25, -0.2) is 0 Å². The summed E-state index contributed by atoms with van der Waals surface area (Å²) in [6, 6.07) is 0. The average molecular weight is 938 g/mol. The van der Waals surface area contributed by atoms with E-state index in [0.717, 1.165) is 64.2 Å². The van der Waals surface area contributed by atoms with Crippen molar-refractivity contribution in [1.29, 1.82) is 0 Å². The van der Waals surface area contributed by atoms with Crippen LogP contribution in [0.5, 0.6) is 0 Å². The maximum Gasteiger partial charge on any atom is 0.306 e. The van der Waals surface area contributed by atoms with E-state index < -0.39 is 6.10 Å².